The van der Waals surface area contributed by atoms with Gasteiger partial charge in [0.1, 0.15) is 11.4 Å². The molecule has 2 rings (SSSR count). The van der Waals surface area contributed by atoms with Gasteiger partial charge < -0.3 is 15.8 Å². The lowest BCUT2D eigenvalue weighted by Crippen LogP contribution is -2.17. The third kappa shape index (κ3) is 3.49. The van der Waals surface area contributed by atoms with Gasteiger partial charge in [0, 0.05) is 6.54 Å². The minimum atomic E-state index is -0.423. The standard InChI is InChI=1S/C15H26N4O2/c1-3-4-10-17-14-12(15(20)21-2)13(16)19(18-14)11-8-6-5-7-9-11/h11H,3-10,16H2,1-2H3,(H,17,18). The van der Waals surface area contributed by atoms with Gasteiger partial charge in [-0.3, -0.25) is 0 Å². The van der Waals surface area contributed by atoms with Crippen molar-refractivity contribution in [1.82, 2.24) is 9.78 Å². The highest BCUT2D eigenvalue weighted by molar-refractivity contribution is 5.99. The van der Waals surface area contributed by atoms with Gasteiger partial charge in [-0.2, -0.15) is 5.10 Å². The molecule has 3 N–H and O–H groups in total. The molecule has 1 aliphatic carbocycles. The van der Waals surface area contributed by atoms with Crippen LogP contribution in [0.5, 0.6) is 0 Å². The molecule has 6 heteroatoms. The summed E-state index contributed by atoms with van der Waals surface area (Å²) in [5.41, 5.74) is 6.55. The first-order chi connectivity index (χ1) is 10.2. The number of rotatable bonds is 6. The first kappa shape index (κ1) is 15.7. The van der Waals surface area contributed by atoms with E-state index in [-0.39, 0.29) is 0 Å². The Kier molecular flexibility index (Phi) is 5.47. The van der Waals surface area contributed by atoms with Crippen LogP contribution < -0.4 is 11.1 Å². The van der Waals surface area contributed by atoms with Crippen LogP contribution in [0, 0.1) is 0 Å². The molecule has 1 fully saturated rings. The van der Waals surface area contributed by atoms with Crippen LogP contribution in [0.3, 0.4) is 0 Å². The Balaban J connectivity index is 2.26. The first-order valence-corrected chi connectivity index (χ1v) is 7.89. The zero-order chi connectivity index (χ0) is 15.2. The van der Waals surface area contributed by atoms with E-state index in [0.717, 1.165) is 32.2 Å². The second-order valence-corrected chi connectivity index (χ2v) is 5.62. The molecule has 0 saturated heterocycles. The van der Waals surface area contributed by atoms with Gasteiger partial charge in [0.15, 0.2) is 5.82 Å². The summed E-state index contributed by atoms with van der Waals surface area (Å²) < 4.78 is 6.67. The summed E-state index contributed by atoms with van der Waals surface area (Å²) in [6.45, 7) is 2.90. The van der Waals surface area contributed by atoms with Crippen LogP contribution in [0.2, 0.25) is 0 Å². The van der Waals surface area contributed by atoms with E-state index in [9.17, 15) is 4.79 Å². The lowest BCUT2D eigenvalue weighted by atomic mass is 9.96. The normalized spacial score (nSPS) is 15.9. The van der Waals surface area contributed by atoms with Crippen molar-refractivity contribution in [3.05, 3.63) is 5.56 Å². The minimum Gasteiger partial charge on any atom is -0.465 e. The predicted octanol–water partition coefficient (Wildman–Crippen LogP) is 2.97. The lowest BCUT2D eigenvalue weighted by molar-refractivity contribution is 0.0603. The Labute approximate surface area is 126 Å². The zero-order valence-corrected chi connectivity index (χ0v) is 13.0. The predicted molar refractivity (Wildman–Crippen MR) is 83.5 cm³/mol. The molecule has 1 saturated carbocycles. The summed E-state index contributed by atoms with van der Waals surface area (Å²) in [7, 11) is 1.37. The van der Waals surface area contributed by atoms with Gasteiger partial charge in [-0.15, -0.1) is 0 Å². The molecule has 21 heavy (non-hydrogen) atoms. The molecule has 0 bridgehead atoms. The molecule has 0 spiro atoms. The van der Waals surface area contributed by atoms with Crippen LogP contribution in [0.4, 0.5) is 11.6 Å². The largest absolute Gasteiger partial charge is 0.465 e. The summed E-state index contributed by atoms with van der Waals surface area (Å²) in [6, 6.07) is 0.295. The van der Waals surface area contributed by atoms with Gasteiger partial charge in [0.05, 0.1) is 13.2 Å². The first-order valence-electron chi connectivity index (χ1n) is 7.89. The number of esters is 1. The fraction of sp³-hybridized carbons (Fsp3) is 0.733. The van der Waals surface area contributed by atoms with Crippen molar-refractivity contribution >= 4 is 17.6 Å². The Morgan fingerprint density at radius 2 is 2.14 bits per heavy atom. The maximum absolute atomic E-state index is 12.0. The van der Waals surface area contributed by atoms with Crippen molar-refractivity contribution < 1.29 is 9.53 Å². The summed E-state index contributed by atoms with van der Waals surface area (Å²) in [5, 5.41) is 7.77. The summed E-state index contributed by atoms with van der Waals surface area (Å²) >= 11 is 0. The molecule has 1 aliphatic rings. The van der Waals surface area contributed by atoms with E-state index in [4.69, 9.17) is 10.5 Å². The molecule has 0 aromatic carbocycles. The highest BCUT2D eigenvalue weighted by Crippen LogP contribution is 2.33. The Morgan fingerprint density at radius 3 is 2.76 bits per heavy atom. The Hall–Kier alpha value is -1.72. The third-order valence-electron chi connectivity index (χ3n) is 4.08. The number of carbonyl (C=O) groups is 1. The number of nitrogens with zero attached hydrogens (tertiary/aromatic N) is 2. The van der Waals surface area contributed by atoms with E-state index < -0.39 is 5.97 Å². The molecule has 1 aromatic heterocycles. The number of nitrogens with one attached hydrogen (secondary N) is 1. The second-order valence-electron chi connectivity index (χ2n) is 5.62. The molecule has 0 amide bonds. The molecule has 1 aromatic rings. The number of carbonyl (C=O) groups excluding carboxylic acids is 1. The summed E-state index contributed by atoms with van der Waals surface area (Å²) in [5.74, 6) is 0.555. The summed E-state index contributed by atoms with van der Waals surface area (Å²) in [4.78, 5) is 12.0. The van der Waals surface area contributed by atoms with Crippen LogP contribution in [0.1, 0.15) is 68.3 Å². The second kappa shape index (κ2) is 7.33. The number of anilines is 2. The number of hydrogen-bond acceptors (Lipinski definition) is 5. The van der Waals surface area contributed by atoms with E-state index in [0.29, 0.717) is 23.2 Å². The van der Waals surface area contributed by atoms with E-state index in [1.807, 2.05) is 4.68 Å². The summed E-state index contributed by atoms with van der Waals surface area (Å²) in [6.07, 6.45) is 7.90. The maximum atomic E-state index is 12.0. The third-order valence-corrected chi connectivity index (χ3v) is 4.08. The molecule has 0 aliphatic heterocycles. The van der Waals surface area contributed by atoms with Crippen molar-refractivity contribution in [3.63, 3.8) is 0 Å². The van der Waals surface area contributed by atoms with Crippen LogP contribution >= 0.6 is 0 Å². The fourth-order valence-electron chi connectivity index (χ4n) is 2.86. The van der Waals surface area contributed by atoms with Crippen LogP contribution in [-0.4, -0.2) is 29.4 Å². The smallest absolute Gasteiger partial charge is 0.345 e. The maximum Gasteiger partial charge on any atom is 0.345 e. The van der Waals surface area contributed by atoms with Crippen molar-refractivity contribution in [1.29, 1.82) is 0 Å². The van der Waals surface area contributed by atoms with Gasteiger partial charge in [-0.25, -0.2) is 9.48 Å². The molecule has 0 radical (unpaired) electrons. The van der Waals surface area contributed by atoms with Crippen LogP contribution in [0.15, 0.2) is 0 Å². The molecule has 118 valence electrons. The van der Waals surface area contributed by atoms with E-state index in [2.05, 4.69) is 17.3 Å². The zero-order valence-electron chi connectivity index (χ0n) is 13.0. The van der Waals surface area contributed by atoms with Crippen LogP contribution in [-0.2, 0) is 4.74 Å². The lowest BCUT2D eigenvalue weighted by Gasteiger charge is -2.22. The number of nitrogen functional groups attached to an aromatic ring is 1. The van der Waals surface area contributed by atoms with E-state index in [1.54, 1.807) is 0 Å². The number of methoxy groups -OCH3 is 1. The van der Waals surface area contributed by atoms with E-state index in [1.165, 1.54) is 26.4 Å². The molecular weight excluding hydrogens is 268 g/mol. The van der Waals surface area contributed by atoms with Gasteiger partial charge in [0.25, 0.3) is 0 Å². The number of unbranched alkanes of at least 4 members (excludes halogenated alkanes) is 1. The Bertz CT molecular complexity index is 478. The van der Waals surface area contributed by atoms with Crippen molar-refractivity contribution in [3.8, 4) is 0 Å². The highest BCUT2D eigenvalue weighted by atomic mass is 16.5. The number of hydrogen-bond donors (Lipinski definition) is 2. The van der Waals surface area contributed by atoms with Gasteiger partial charge in [0.2, 0.25) is 0 Å². The molecular formula is C15H26N4O2. The van der Waals surface area contributed by atoms with Crippen molar-refractivity contribution in [2.45, 2.75) is 57.9 Å². The van der Waals surface area contributed by atoms with Gasteiger partial charge in [-0.05, 0) is 19.3 Å². The SMILES string of the molecule is CCCCNc1nn(C2CCCCC2)c(N)c1C(=O)OC. The Morgan fingerprint density at radius 1 is 1.43 bits per heavy atom. The molecule has 6 nitrogen and oxygen atoms in total. The minimum absolute atomic E-state index is 0.295. The number of ether oxygens (including phenoxy) is 1. The number of aromatic nitrogens is 2. The quantitative estimate of drug-likeness (QED) is 0.622. The van der Waals surface area contributed by atoms with Crippen molar-refractivity contribution in [2.24, 2.45) is 0 Å². The topological polar surface area (TPSA) is 82.2 Å². The highest BCUT2D eigenvalue weighted by Gasteiger charge is 2.27. The van der Waals surface area contributed by atoms with Crippen molar-refractivity contribution in [2.75, 3.05) is 24.7 Å². The fourth-order valence-corrected chi connectivity index (χ4v) is 2.86. The van der Waals surface area contributed by atoms with Gasteiger partial charge >= 0.3 is 5.97 Å². The average molecular weight is 294 g/mol. The molecule has 0 atom stereocenters. The monoisotopic (exact) mass is 294 g/mol. The van der Waals surface area contributed by atoms with E-state index >= 15 is 0 Å². The molecule has 0 unspecified atom stereocenters. The molecule has 1 heterocycles. The van der Waals surface area contributed by atoms with Gasteiger partial charge in [-0.1, -0.05) is 32.6 Å². The van der Waals surface area contributed by atoms with Crippen LogP contribution in [0.25, 0.3) is 0 Å². The number of nitrogens with two attached hydrogens (primary N) is 1. The average Bonchev–Trinajstić information content (AvgIpc) is 2.84.